The number of aromatic carboxylic acids is 1. The first-order valence-electron chi connectivity index (χ1n) is 3.79. The Morgan fingerprint density at radius 3 is 2.21 bits per heavy atom. The van der Waals surface area contributed by atoms with Crippen molar-refractivity contribution in [1.29, 1.82) is 0 Å². The van der Waals surface area contributed by atoms with E-state index in [2.05, 4.69) is 12.6 Å². The number of ether oxygens (including phenoxy) is 2. The molecule has 0 unspecified atom stereocenters. The maximum absolute atomic E-state index is 10.9. The molecule has 5 heteroatoms. The molecule has 0 aliphatic heterocycles. The second-order valence-electron chi connectivity index (χ2n) is 2.50. The lowest BCUT2D eigenvalue weighted by atomic mass is 10.2. The van der Waals surface area contributed by atoms with Crippen LogP contribution in [0.2, 0.25) is 0 Å². The highest BCUT2D eigenvalue weighted by Crippen LogP contribution is 2.32. The van der Waals surface area contributed by atoms with E-state index in [1.807, 2.05) is 0 Å². The lowest BCUT2D eigenvalue weighted by Crippen LogP contribution is -2.03. The molecule has 1 N–H and O–H groups in total. The minimum atomic E-state index is -1.09. The molecule has 1 aromatic rings. The van der Waals surface area contributed by atoms with Gasteiger partial charge in [0.1, 0.15) is 17.1 Å². The molecule has 0 saturated heterocycles. The average molecular weight is 214 g/mol. The van der Waals surface area contributed by atoms with Gasteiger partial charge in [0.15, 0.2) is 0 Å². The Bertz CT molecular complexity index is 362. The largest absolute Gasteiger partial charge is 0.496 e. The molecule has 0 aromatic heterocycles. The van der Waals surface area contributed by atoms with Gasteiger partial charge in [0.05, 0.1) is 19.1 Å². The minimum absolute atomic E-state index is 0.00943. The third-order valence-electron chi connectivity index (χ3n) is 1.76. The summed E-state index contributed by atoms with van der Waals surface area (Å²) in [6.07, 6.45) is 0. The number of hydrogen-bond acceptors (Lipinski definition) is 4. The van der Waals surface area contributed by atoms with E-state index in [-0.39, 0.29) is 16.2 Å². The fourth-order valence-corrected chi connectivity index (χ4v) is 1.47. The van der Waals surface area contributed by atoms with Crippen LogP contribution in [0.4, 0.5) is 0 Å². The number of hydrogen-bond donors (Lipinski definition) is 2. The highest BCUT2D eigenvalue weighted by atomic mass is 32.1. The lowest BCUT2D eigenvalue weighted by molar-refractivity contribution is 0.0688. The van der Waals surface area contributed by atoms with Gasteiger partial charge in [-0.25, -0.2) is 4.79 Å². The highest BCUT2D eigenvalue weighted by molar-refractivity contribution is 7.80. The topological polar surface area (TPSA) is 55.8 Å². The maximum Gasteiger partial charge on any atom is 0.340 e. The van der Waals surface area contributed by atoms with Crippen LogP contribution in [-0.4, -0.2) is 25.3 Å². The summed E-state index contributed by atoms with van der Waals surface area (Å²) < 4.78 is 9.84. The number of rotatable bonds is 3. The standard InChI is InChI=1S/C9H10O4S/c1-12-5-3-4-6(13-2)8(14)7(5)9(10)11/h3-4,14H,1-2H3,(H,10,11). The van der Waals surface area contributed by atoms with Crippen molar-refractivity contribution in [1.82, 2.24) is 0 Å². The molecular formula is C9H10O4S. The van der Waals surface area contributed by atoms with Crippen molar-refractivity contribution in [3.8, 4) is 11.5 Å². The SMILES string of the molecule is COc1ccc(OC)c(C(=O)O)c1S. The summed E-state index contributed by atoms with van der Waals surface area (Å²) in [6, 6.07) is 3.13. The Kier molecular flexibility index (Phi) is 3.24. The fourth-order valence-electron chi connectivity index (χ4n) is 1.10. The molecule has 1 aromatic carbocycles. The van der Waals surface area contributed by atoms with E-state index >= 15 is 0 Å². The Balaban J connectivity index is 3.39. The second-order valence-corrected chi connectivity index (χ2v) is 2.95. The summed E-state index contributed by atoms with van der Waals surface area (Å²) in [7, 11) is 2.86. The zero-order valence-electron chi connectivity index (χ0n) is 7.77. The van der Waals surface area contributed by atoms with Gasteiger partial charge >= 0.3 is 5.97 Å². The molecule has 1 rings (SSSR count). The maximum atomic E-state index is 10.9. The molecule has 0 bridgehead atoms. The Labute approximate surface area is 86.9 Å². The fraction of sp³-hybridized carbons (Fsp3) is 0.222. The van der Waals surface area contributed by atoms with Crippen LogP contribution in [0.25, 0.3) is 0 Å². The van der Waals surface area contributed by atoms with Gasteiger partial charge in [-0.1, -0.05) is 0 Å². The summed E-state index contributed by atoms with van der Waals surface area (Å²) in [5.41, 5.74) is 0.00943. The number of methoxy groups -OCH3 is 2. The van der Waals surface area contributed by atoms with Crippen molar-refractivity contribution in [2.24, 2.45) is 0 Å². The first-order chi connectivity index (χ1) is 6.61. The van der Waals surface area contributed by atoms with Gasteiger partial charge in [-0.3, -0.25) is 0 Å². The van der Waals surface area contributed by atoms with E-state index in [0.29, 0.717) is 5.75 Å². The average Bonchev–Trinajstić information content (AvgIpc) is 2.16. The molecule has 0 atom stereocenters. The molecule has 0 aliphatic rings. The molecule has 0 amide bonds. The van der Waals surface area contributed by atoms with Crippen LogP contribution in [0.5, 0.6) is 11.5 Å². The Hall–Kier alpha value is -1.36. The van der Waals surface area contributed by atoms with Crippen molar-refractivity contribution in [2.75, 3.05) is 14.2 Å². The molecule has 0 saturated carbocycles. The number of carboxylic acid groups (broad SMARTS) is 1. The van der Waals surface area contributed by atoms with Crippen LogP contribution >= 0.6 is 12.6 Å². The van der Waals surface area contributed by atoms with Gasteiger partial charge in [-0.15, -0.1) is 12.6 Å². The van der Waals surface area contributed by atoms with Crippen molar-refractivity contribution in [2.45, 2.75) is 4.90 Å². The molecule has 76 valence electrons. The molecule has 0 spiro atoms. The van der Waals surface area contributed by atoms with Gasteiger partial charge in [-0.05, 0) is 12.1 Å². The molecule has 0 radical (unpaired) electrons. The van der Waals surface area contributed by atoms with Crippen LogP contribution in [0.3, 0.4) is 0 Å². The van der Waals surface area contributed by atoms with Crippen molar-refractivity contribution in [3.05, 3.63) is 17.7 Å². The summed E-state index contributed by atoms with van der Waals surface area (Å²) in [4.78, 5) is 11.1. The van der Waals surface area contributed by atoms with Gasteiger partial charge in [0.25, 0.3) is 0 Å². The molecule has 0 aliphatic carbocycles. The number of benzene rings is 1. The zero-order valence-corrected chi connectivity index (χ0v) is 8.67. The van der Waals surface area contributed by atoms with E-state index in [1.165, 1.54) is 20.3 Å². The minimum Gasteiger partial charge on any atom is -0.496 e. The summed E-state index contributed by atoms with van der Waals surface area (Å²) in [5, 5.41) is 8.91. The van der Waals surface area contributed by atoms with Crippen LogP contribution in [-0.2, 0) is 0 Å². The molecule has 0 heterocycles. The van der Waals surface area contributed by atoms with E-state index in [4.69, 9.17) is 14.6 Å². The molecule has 0 fully saturated rings. The van der Waals surface area contributed by atoms with E-state index in [0.717, 1.165) is 0 Å². The van der Waals surface area contributed by atoms with Gasteiger partial charge < -0.3 is 14.6 Å². The molecule has 4 nitrogen and oxygen atoms in total. The van der Waals surface area contributed by atoms with Crippen LogP contribution in [0.1, 0.15) is 10.4 Å². The van der Waals surface area contributed by atoms with Gasteiger partial charge in [-0.2, -0.15) is 0 Å². The molecular weight excluding hydrogens is 204 g/mol. The lowest BCUT2D eigenvalue weighted by Gasteiger charge is -2.10. The summed E-state index contributed by atoms with van der Waals surface area (Å²) in [5.74, 6) is -0.416. The summed E-state index contributed by atoms with van der Waals surface area (Å²) >= 11 is 4.07. The normalized spacial score (nSPS) is 9.64. The van der Waals surface area contributed by atoms with Crippen molar-refractivity contribution in [3.63, 3.8) is 0 Å². The monoisotopic (exact) mass is 214 g/mol. The number of carbonyl (C=O) groups is 1. The van der Waals surface area contributed by atoms with Gasteiger partial charge in [0, 0.05) is 0 Å². The van der Waals surface area contributed by atoms with E-state index < -0.39 is 5.97 Å². The van der Waals surface area contributed by atoms with E-state index in [9.17, 15) is 4.79 Å². The third kappa shape index (κ3) is 1.77. The Morgan fingerprint density at radius 1 is 1.29 bits per heavy atom. The molecule has 14 heavy (non-hydrogen) atoms. The predicted molar refractivity (Wildman–Crippen MR) is 53.8 cm³/mol. The summed E-state index contributed by atoms with van der Waals surface area (Å²) in [6.45, 7) is 0. The van der Waals surface area contributed by atoms with Crippen LogP contribution in [0.15, 0.2) is 17.0 Å². The van der Waals surface area contributed by atoms with Crippen molar-refractivity contribution < 1.29 is 19.4 Å². The first kappa shape index (κ1) is 10.7. The smallest absolute Gasteiger partial charge is 0.340 e. The van der Waals surface area contributed by atoms with Gasteiger partial charge in [0.2, 0.25) is 0 Å². The number of carboxylic acids is 1. The number of thiol groups is 1. The second kappa shape index (κ2) is 4.23. The highest BCUT2D eigenvalue weighted by Gasteiger charge is 2.17. The third-order valence-corrected chi connectivity index (χ3v) is 2.20. The van der Waals surface area contributed by atoms with Crippen molar-refractivity contribution >= 4 is 18.6 Å². The predicted octanol–water partition coefficient (Wildman–Crippen LogP) is 1.69. The Morgan fingerprint density at radius 2 is 1.79 bits per heavy atom. The van der Waals surface area contributed by atoms with E-state index in [1.54, 1.807) is 6.07 Å². The zero-order chi connectivity index (χ0) is 10.7. The first-order valence-corrected chi connectivity index (χ1v) is 4.23. The quantitative estimate of drug-likeness (QED) is 0.752. The van der Waals surface area contributed by atoms with Crippen LogP contribution in [0, 0.1) is 0 Å². The van der Waals surface area contributed by atoms with Crippen LogP contribution < -0.4 is 9.47 Å².